The summed E-state index contributed by atoms with van der Waals surface area (Å²) < 4.78 is 4.94. The van der Waals surface area contributed by atoms with Gasteiger partial charge < -0.3 is 14.7 Å². The van der Waals surface area contributed by atoms with Crippen LogP contribution in [0.1, 0.15) is 10.4 Å². The Bertz CT molecular complexity index is 648. The second kappa shape index (κ2) is 6.85. The molecule has 0 unspecified atom stereocenters. The molecule has 1 N–H and O–H groups in total. The van der Waals surface area contributed by atoms with Crippen LogP contribution in [0.2, 0.25) is 0 Å². The number of carbonyl (C=O) groups is 2. The zero-order chi connectivity index (χ0) is 15.2. The quantitative estimate of drug-likeness (QED) is 0.882. The van der Waals surface area contributed by atoms with Crippen molar-refractivity contribution in [2.45, 2.75) is 0 Å². The van der Waals surface area contributed by atoms with Gasteiger partial charge in [-0.1, -0.05) is 36.4 Å². The molecule has 2 aromatic carbocycles. The van der Waals surface area contributed by atoms with Crippen LogP contribution in [0, 0.1) is 0 Å². The van der Waals surface area contributed by atoms with Crippen molar-refractivity contribution in [2.75, 3.05) is 26.8 Å². The van der Waals surface area contributed by atoms with Gasteiger partial charge in [0.05, 0.1) is 6.61 Å². The molecule has 0 atom stereocenters. The third-order valence-corrected chi connectivity index (χ3v) is 3.20. The molecule has 0 bridgehead atoms. The Labute approximate surface area is 122 Å². The number of nitrogens with zero attached hydrogens (tertiary/aromatic N) is 1. The smallest absolute Gasteiger partial charge is 0.323 e. The zero-order valence-electron chi connectivity index (χ0n) is 11.8. The fourth-order valence-electron chi connectivity index (χ4n) is 2.20. The highest BCUT2D eigenvalue weighted by atomic mass is 16.5. The van der Waals surface area contributed by atoms with Gasteiger partial charge in [0, 0.05) is 19.2 Å². The number of amides is 1. The zero-order valence-corrected chi connectivity index (χ0v) is 11.8. The largest absolute Gasteiger partial charge is 0.480 e. The van der Waals surface area contributed by atoms with Crippen molar-refractivity contribution in [3.05, 3.63) is 48.0 Å². The van der Waals surface area contributed by atoms with Crippen LogP contribution in [0.3, 0.4) is 0 Å². The molecule has 0 saturated heterocycles. The van der Waals surface area contributed by atoms with Gasteiger partial charge in [0.25, 0.3) is 5.91 Å². The Kier molecular flexibility index (Phi) is 4.90. The number of carboxylic acids is 1. The highest BCUT2D eigenvalue weighted by molar-refractivity contribution is 6.07. The molecule has 1 amide bonds. The summed E-state index contributed by atoms with van der Waals surface area (Å²) in [6.45, 7) is 0.194. The lowest BCUT2D eigenvalue weighted by Crippen LogP contribution is -2.38. The van der Waals surface area contributed by atoms with Gasteiger partial charge in [0.1, 0.15) is 6.54 Å². The lowest BCUT2D eigenvalue weighted by molar-refractivity contribution is -0.137. The van der Waals surface area contributed by atoms with Crippen molar-refractivity contribution in [3.63, 3.8) is 0 Å². The average molecular weight is 287 g/mol. The molecule has 0 aliphatic carbocycles. The number of carboxylic acid groups (broad SMARTS) is 1. The summed E-state index contributed by atoms with van der Waals surface area (Å²) in [5, 5.41) is 10.7. The molecular formula is C16H17NO4. The van der Waals surface area contributed by atoms with E-state index in [2.05, 4.69) is 0 Å². The monoisotopic (exact) mass is 287 g/mol. The number of hydrogen-bond donors (Lipinski definition) is 1. The van der Waals surface area contributed by atoms with Gasteiger partial charge in [-0.25, -0.2) is 0 Å². The van der Waals surface area contributed by atoms with Crippen LogP contribution < -0.4 is 0 Å². The molecule has 0 aliphatic heterocycles. The number of carbonyl (C=O) groups excluding carboxylic acids is 1. The lowest BCUT2D eigenvalue weighted by Gasteiger charge is -2.21. The van der Waals surface area contributed by atoms with Crippen LogP contribution in [-0.4, -0.2) is 48.7 Å². The predicted molar refractivity (Wildman–Crippen MR) is 79.4 cm³/mol. The molecule has 0 aromatic heterocycles. The first-order valence-electron chi connectivity index (χ1n) is 6.61. The van der Waals surface area contributed by atoms with Gasteiger partial charge in [-0.3, -0.25) is 9.59 Å². The molecule has 0 fully saturated rings. The van der Waals surface area contributed by atoms with Crippen LogP contribution in [0.5, 0.6) is 0 Å². The maximum atomic E-state index is 12.6. The molecule has 21 heavy (non-hydrogen) atoms. The van der Waals surface area contributed by atoms with E-state index in [4.69, 9.17) is 9.84 Å². The molecule has 110 valence electrons. The molecule has 0 spiro atoms. The molecule has 0 saturated carbocycles. The molecule has 5 heteroatoms. The van der Waals surface area contributed by atoms with Crippen LogP contribution in [0.15, 0.2) is 42.5 Å². The van der Waals surface area contributed by atoms with Crippen molar-refractivity contribution in [1.82, 2.24) is 4.90 Å². The molecule has 0 heterocycles. The van der Waals surface area contributed by atoms with Gasteiger partial charge in [-0.15, -0.1) is 0 Å². The summed E-state index contributed by atoms with van der Waals surface area (Å²) in [4.78, 5) is 24.8. The van der Waals surface area contributed by atoms with Crippen LogP contribution >= 0.6 is 0 Å². The van der Waals surface area contributed by atoms with Crippen molar-refractivity contribution >= 4 is 22.6 Å². The van der Waals surface area contributed by atoms with Gasteiger partial charge in [0.2, 0.25) is 0 Å². The third kappa shape index (κ3) is 3.58. The lowest BCUT2D eigenvalue weighted by atomic mass is 10.0. The molecule has 5 nitrogen and oxygen atoms in total. The standard InChI is InChI=1S/C16H17NO4/c1-21-10-9-17(11-15(18)19)16(20)14-8-4-6-12-5-2-3-7-13(12)14/h2-8H,9-11H2,1H3,(H,18,19). The SMILES string of the molecule is COCCN(CC(=O)O)C(=O)c1cccc2ccccc12. The summed E-state index contributed by atoms with van der Waals surface area (Å²) in [6.07, 6.45) is 0. The first-order valence-corrected chi connectivity index (χ1v) is 6.61. The second-order valence-electron chi connectivity index (χ2n) is 4.64. The van der Waals surface area contributed by atoms with Crippen LogP contribution in [0.4, 0.5) is 0 Å². The first-order chi connectivity index (χ1) is 10.1. The Morgan fingerprint density at radius 2 is 1.86 bits per heavy atom. The van der Waals surface area contributed by atoms with Crippen molar-refractivity contribution in [3.8, 4) is 0 Å². The van der Waals surface area contributed by atoms with E-state index in [0.29, 0.717) is 12.2 Å². The number of benzene rings is 2. The van der Waals surface area contributed by atoms with Crippen molar-refractivity contribution in [2.24, 2.45) is 0 Å². The minimum absolute atomic E-state index is 0.241. The molecule has 2 aromatic rings. The van der Waals surface area contributed by atoms with Crippen molar-refractivity contribution < 1.29 is 19.4 Å². The fourth-order valence-corrected chi connectivity index (χ4v) is 2.20. The van der Waals surface area contributed by atoms with Crippen LogP contribution in [0.25, 0.3) is 10.8 Å². The number of ether oxygens (including phenoxy) is 1. The summed E-state index contributed by atoms with van der Waals surface area (Å²) in [5.41, 5.74) is 0.505. The van der Waals surface area contributed by atoms with Crippen LogP contribution in [-0.2, 0) is 9.53 Å². The van der Waals surface area contributed by atoms with E-state index in [9.17, 15) is 9.59 Å². The Morgan fingerprint density at radius 3 is 2.57 bits per heavy atom. The summed E-state index contributed by atoms with van der Waals surface area (Å²) >= 11 is 0. The fraction of sp³-hybridized carbons (Fsp3) is 0.250. The molecule has 2 rings (SSSR count). The summed E-state index contributed by atoms with van der Waals surface area (Å²) in [6, 6.07) is 13.0. The van der Waals surface area contributed by atoms with E-state index in [1.165, 1.54) is 12.0 Å². The third-order valence-electron chi connectivity index (χ3n) is 3.20. The minimum atomic E-state index is -1.04. The Balaban J connectivity index is 2.35. The van der Waals surface area contributed by atoms with Gasteiger partial charge in [-0.2, -0.15) is 0 Å². The minimum Gasteiger partial charge on any atom is -0.480 e. The number of aliphatic carboxylic acids is 1. The van der Waals surface area contributed by atoms with E-state index < -0.39 is 5.97 Å². The average Bonchev–Trinajstić information content (AvgIpc) is 2.50. The van der Waals surface area contributed by atoms with E-state index in [0.717, 1.165) is 10.8 Å². The van der Waals surface area contributed by atoms with E-state index >= 15 is 0 Å². The van der Waals surface area contributed by atoms with Gasteiger partial charge >= 0.3 is 5.97 Å². The highest BCUT2D eigenvalue weighted by Gasteiger charge is 2.19. The molecular weight excluding hydrogens is 270 g/mol. The van der Waals surface area contributed by atoms with E-state index in [1.54, 1.807) is 12.1 Å². The normalized spacial score (nSPS) is 10.5. The maximum Gasteiger partial charge on any atom is 0.323 e. The second-order valence-corrected chi connectivity index (χ2v) is 4.64. The number of fused-ring (bicyclic) bond motifs is 1. The van der Waals surface area contributed by atoms with E-state index in [-0.39, 0.29) is 19.0 Å². The maximum absolute atomic E-state index is 12.6. The van der Waals surface area contributed by atoms with Crippen molar-refractivity contribution in [1.29, 1.82) is 0 Å². The number of methoxy groups -OCH3 is 1. The highest BCUT2D eigenvalue weighted by Crippen LogP contribution is 2.20. The number of hydrogen-bond acceptors (Lipinski definition) is 3. The van der Waals surface area contributed by atoms with Gasteiger partial charge in [0.15, 0.2) is 0 Å². The summed E-state index contributed by atoms with van der Waals surface area (Å²) in [5.74, 6) is -1.34. The van der Waals surface area contributed by atoms with E-state index in [1.807, 2.05) is 30.3 Å². The Morgan fingerprint density at radius 1 is 1.14 bits per heavy atom. The topological polar surface area (TPSA) is 66.8 Å². The molecule has 0 radical (unpaired) electrons. The predicted octanol–water partition coefficient (Wildman–Crippen LogP) is 2.01. The molecule has 0 aliphatic rings. The number of rotatable bonds is 6. The first kappa shape index (κ1) is 15.0. The Hall–Kier alpha value is -2.40. The van der Waals surface area contributed by atoms with Gasteiger partial charge in [-0.05, 0) is 16.8 Å². The summed E-state index contributed by atoms with van der Waals surface area (Å²) in [7, 11) is 1.52.